The Morgan fingerprint density at radius 3 is 2.88 bits per heavy atom. The van der Waals surface area contributed by atoms with E-state index in [0.717, 1.165) is 10.7 Å². The van der Waals surface area contributed by atoms with Gasteiger partial charge in [-0.05, 0) is 22.9 Å². The van der Waals surface area contributed by atoms with Gasteiger partial charge in [0.25, 0.3) is 0 Å². The van der Waals surface area contributed by atoms with Crippen LogP contribution in [-0.2, 0) is 4.79 Å². The molecule has 1 unspecified atom stereocenters. The first-order valence-corrected chi connectivity index (χ1v) is 9.49. The zero-order valence-corrected chi connectivity index (χ0v) is 14.9. The van der Waals surface area contributed by atoms with E-state index in [9.17, 15) is 4.79 Å². The van der Waals surface area contributed by atoms with Gasteiger partial charge in [-0.25, -0.2) is 4.98 Å². The second kappa shape index (κ2) is 8.12. The Morgan fingerprint density at radius 1 is 1.29 bits per heavy atom. The maximum atomic E-state index is 12.0. The topological polar surface area (TPSA) is 70.7 Å². The van der Waals surface area contributed by atoms with Gasteiger partial charge in [0.15, 0.2) is 5.82 Å². The van der Waals surface area contributed by atoms with Crippen LogP contribution in [0.3, 0.4) is 0 Å². The molecule has 0 aliphatic carbocycles. The van der Waals surface area contributed by atoms with Gasteiger partial charge >= 0.3 is 0 Å². The normalized spacial score (nSPS) is 12.0. The van der Waals surface area contributed by atoms with Crippen LogP contribution in [0.25, 0.3) is 10.7 Å². The van der Waals surface area contributed by atoms with Gasteiger partial charge in [-0.1, -0.05) is 55.1 Å². The van der Waals surface area contributed by atoms with Crippen molar-refractivity contribution in [2.24, 2.45) is 0 Å². The summed E-state index contributed by atoms with van der Waals surface area (Å²) in [5.41, 5.74) is 1.22. The largest absolute Gasteiger partial charge is 0.355 e. The molecule has 2 N–H and O–H groups in total. The number of nitrogens with one attached hydrogen (secondary N) is 2. The van der Waals surface area contributed by atoms with Crippen molar-refractivity contribution < 1.29 is 4.79 Å². The highest BCUT2D eigenvalue weighted by atomic mass is 32.2. The van der Waals surface area contributed by atoms with Crippen molar-refractivity contribution in [1.29, 1.82) is 0 Å². The molecule has 0 spiro atoms. The molecule has 0 aliphatic heterocycles. The van der Waals surface area contributed by atoms with Crippen molar-refractivity contribution >= 4 is 29.0 Å². The number of hydrogen-bond donors (Lipinski definition) is 2. The molecular weight excluding hydrogens is 340 g/mol. The molecule has 7 heteroatoms. The molecule has 5 nitrogen and oxygen atoms in total. The van der Waals surface area contributed by atoms with E-state index in [0.29, 0.717) is 17.5 Å². The summed E-state index contributed by atoms with van der Waals surface area (Å²) in [5, 5.41) is 12.6. The summed E-state index contributed by atoms with van der Waals surface area (Å²) in [6, 6.07) is 14.1. The molecule has 1 amide bonds. The highest BCUT2D eigenvalue weighted by molar-refractivity contribution is 7.99. The van der Waals surface area contributed by atoms with Gasteiger partial charge in [-0.3, -0.25) is 9.89 Å². The molecule has 0 aliphatic rings. The van der Waals surface area contributed by atoms with Gasteiger partial charge in [-0.15, -0.1) is 16.4 Å². The van der Waals surface area contributed by atoms with Gasteiger partial charge in [0, 0.05) is 6.54 Å². The quantitative estimate of drug-likeness (QED) is 0.634. The smallest absolute Gasteiger partial charge is 0.230 e. The molecule has 3 aromatic rings. The minimum Gasteiger partial charge on any atom is -0.355 e. The fourth-order valence-electron chi connectivity index (χ4n) is 2.18. The molecule has 0 fully saturated rings. The van der Waals surface area contributed by atoms with Gasteiger partial charge < -0.3 is 5.32 Å². The molecular formula is C17H18N4OS2. The van der Waals surface area contributed by atoms with E-state index in [1.165, 1.54) is 17.3 Å². The van der Waals surface area contributed by atoms with E-state index in [4.69, 9.17) is 0 Å². The van der Waals surface area contributed by atoms with E-state index in [2.05, 4.69) is 39.6 Å². The third-order valence-electron chi connectivity index (χ3n) is 3.53. The van der Waals surface area contributed by atoms with Crippen LogP contribution in [-0.4, -0.2) is 33.4 Å². The lowest BCUT2D eigenvalue weighted by Crippen LogP contribution is -2.29. The van der Waals surface area contributed by atoms with Crippen molar-refractivity contribution in [3.63, 3.8) is 0 Å². The molecule has 1 atom stereocenters. The van der Waals surface area contributed by atoms with Crippen LogP contribution < -0.4 is 5.32 Å². The Balaban J connectivity index is 1.44. The predicted octanol–water partition coefficient (Wildman–Crippen LogP) is 3.55. The van der Waals surface area contributed by atoms with E-state index >= 15 is 0 Å². The number of rotatable bonds is 7. The molecule has 2 aromatic heterocycles. The van der Waals surface area contributed by atoms with Crippen LogP contribution in [0, 0.1) is 0 Å². The Kier molecular flexibility index (Phi) is 5.66. The molecule has 3 rings (SSSR count). The number of hydrogen-bond acceptors (Lipinski definition) is 5. The summed E-state index contributed by atoms with van der Waals surface area (Å²) in [7, 11) is 0. The lowest BCUT2D eigenvalue weighted by molar-refractivity contribution is -0.118. The average molecular weight is 358 g/mol. The van der Waals surface area contributed by atoms with E-state index in [1.54, 1.807) is 11.3 Å². The molecule has 0 saturated carbocycles. The first-order valence-electron chi connectivity index (χ1n) is 7.63. The van der Waals surface area contributed by atoms with Crippen molar-refractivity contribution in [3.05, 3.63) is 53.4 Å². The summed E-state index contributed by atoms with van der Waals surface area (Å²) in [6.45, 7) is 2.73. The number of nitrogens with zero attached hydrogens (tertiary/aromatic N) is 2. The van der Waals surface area contributed by atoms with Gasteiger partial charge in [0.1, 0.15) is 0 Å². The summed E-state index contributed by atoms with van der Waals surface area (Å²) >= 11 is 2.93. The van der Waals surface area contributed by atoms with Crippen molar-refractivity contribution in [3.8, 4) is 10.7 Å². The van der Waals surface area contributed by atoms with Crippen LogP contribution in [0.2, 0.25) is 0 Å². The summed E-state index contributed by atoms with van der Waals surface area (Å²) in [6.07, 6.45) is 0. The number of amides is 1. The number of carbonyl (C=O) groups excluding carboxylic acids is 1. The van der Waals surface area contributed by atoms with Crippen LogP contribution in [0.15, 0.2) is 53.0 Å². The number of aromatic amines is 1. The lowest BCUT2D eigenvalue weighted by Gasteiger charge is -2.12. The van der Waals surface area contributed by atoms with Crippen molar-refractivity contribution in [2.75, 3.05) is 12.3 Å². The van der Waals surface area contributed by atoms with Crippen molar-refractivity contribution in [2.45, 2.75) is 18.0 Å². The monoisotopic (exact) mass is 358 g/mol. The SMILES string of the molecule is CC(CNC(=O)CSc1n[nH]c(-c2cccs2)n1)c1ccccc1. The van der Waals surface area contributed by atoms with Gasteiger partial charge in [0.05, 0.1) is 10.6 Å². The number of H-pyrrole nitrogens is 1. The average Bonchev–Trinajstić information content (AvgIpc) is 3.29. The third kappa shape index (κ3) is 4.46. The maximum Gasteiger partial charge on any atom is 0.230 e. The minimum atomic E-state index is -0.00902. The Hall–Kier alpha value is -2.12. The predicted molar refractivity (Wildman–Crippen MR) is 98.3 cm³/mol. The molecule has 1 aromatic carbocycles. The summed E-state index contributed by atoms with van der Waals surface area (Å²) < 4.78 is 0. The van der Waals surface area contributed by atoms with E-state index < -0.39 is 0 Å². The lowest BCUT2D eigenvalue weighted by atomic mass is 10.0. The molecule has 24 heavy (non-hydrogen) atoms. The number of thiophene rings is 1. The Labute approximate surface area is 148 Å². The first kappa shape index (κ1) is 16.7. The number of carbonyl (C=O) groups is 1. The number of aromatic nitrogens is 3. The molecule has 2 heterocycles. The van der Waals surface area contributed by atoms with Crippen molar-refractivity contribution in [1.82, 2.24) is 20.5 Å². The fourth-order valence-corrected chi connectivity index (χ4v) is 3.47. The van der Waals surface area contributed by atoms with Crippen LogP contribution in [0.5, 0.6) is 0 Å². The van der Waals surface area contributed by atoms with E-state index in [-0.39, 0.29) is 11.8 Å². The summed E-state index contributed by atoms with van der Waals surface area (Å²) in [4.78, 5) is 17.4. The second-order valence-corrected chi connectivity index (χ2v) is 7.24. The molecule has 0 bridgehead atoms. The number of benzene rings is 1. The Morgan fingerprint density at radius 2 is 2.12 bits per heavy atom. The highest BCUT2D eigenvalue weighted by Crippen LogP contribution is 2.23. The van der Waals surface area contributed by atoms with Gasteiger partial charge in [0.2, 0.25) is 11.1 Å². The highest BCUT2D eigenvalue weighted by Gasteiger charge is 2.11. The van der Waals surface area contributed by atoms with Gasteiger partial charge in [-0.2, -0.15) is 0 Å². The zero-order chi connectivity index (χ0) is 16.8. The first-order chi connectivity index (χ1) is 11.7. The fraction of sp³-hybridized carbons (Fsp3) is 0.235. The van der Waals surface area contributed by atoms with Crippen LogP contribution >= 0.6 is 23.1 Å². The molecule has 124 valence electrons. The zero-order valence-electron chi connectivity index (χ0n) is 13.2. The Bertz CT molecular complexity index is 771. The second-order valence-electron chi connectivity index (χ2n) is 5.35. The standard InChI is InChI=1S/C17H18N4OS2/c1-12(13-6-3-2-4-7-13)10-18-15(22)11-24-17-19-16(20-21-17)14-8-5-9-23-14/h2-9,12H,10-11H2,1H3,(H,18,22)(H,19,20,21). The summed E-state index contributed by atoms with van der Waals surface area (Å²) in [5.74, 6) is 1.33. The molecule has 0 radical (unpaired) electrons. The molecule has 0 saturated heterocycles. The van der Waals surface area contributed by atoms with E-state index in [1.807, 2.05) is 35.7 Å². The minimum absolute atomic E-state index is 0.00902. The number of thioether (sulfide) groups is 1. The third-order valence-corrected chi connectivity index (χ3v) is 5.25. The van der Waals surface area contributed by atoms with Crippen LogP contribution in [0.1, 0.15) is 18.4 Å². The maximum absolute atomic E-state index is 12.0. The van der Waals surface area contributed by atoms with Crippen LogP contribution in [0.4, 0.5) is 0 Å².